The summed E-state index contributed by atoms with van der Waals surface area (Å²) in [7, 11) is 1.52. The van der Waals surface area contributed by atoms with E-state index in [1.54, 1.807) is 0 Å². The molecule has 0 aliphatic heterocycles. The number of rotatable bonds is 6. The van der Waals surface area contributed by atoms with Crippen LogP contribution in [0.2, 0.25) is 0 Å². The number of para-hydroxylation sites is 1. The smallest absolute Gasteiger partial charge is 0.243 e. The van der Waals surface area contributed by atoms with E-state index >= 15 is 0 Å². The van der Waals surface area contributed by atoms with Crippen LogP contribution in [0.15, 0.2) is 54.6 Å². The van der Waals surface area contributed by atoms with Gasteiger partial charge in [0.15, 0.2) is 0 Å². The molecule has 0 radical (unpaired) electrons. The van der Waals surface area contributed by atoms with Crippen molar-refractivity contribution in [2.24, 2.45) is 5.73 Å². The van der Waals surface area contributed by atoms with Crippen LogP contribution in [0, 0.1) is 0 Å². The Labute approximate surface area is 124 Å². The highest BCUT2D eigenvalue weighted by molar-refractivity contribution is 5.95. The van der Waals surface area contributed by atoms with Gasteiger partial charge in [0.2, 0.25) is 5.91 Å². The minimum absolute atomic E-state index is 0.201. The van der Waals surface area contributed by atoms with Crippen LogP contribution in [0.3, 0.4) is 0 Å². The lowest BCUT2D eigenvalue weighted by Crippen LogP contribution is -2.39. The van der Waals surface area contributed by atoms with E-state index < -0.39 is 6.04 Å². The van der Waals surface area contributed by atoms with Gasteiger partial charge in [-0.2, -0.15) is 0 Å². The topological polar surface area (TPSA) is 64.3 Å². The number of carbonyl (C=O) groups excluding carboxylic acids is 1. The third-order valence-electron chi connectivity index (χ3n) is 3.20. The molecule has 4 nitrogen and oxygen atoms in total. The van der Waals surface area contributed by atoms with E-state index in [1.807, 2.05) is 42.5 Å². The fourth-order valence-electron chi connectivity index (χ4n) is 2.09. The van der Waals surface area contributed by atoms with Crippen LogP contribution < -0.4 is 11.1 Å². The molecule has 1 amide bonds. The quantitative estimate of drug-likeness (QED) is 0.854. The number of nitrogens with two attached hydrogens (primary N) is 1. The molecule has 21 heavy (non-hydrogen) atoms. The Balaban J connectivity index is 2.12. The predicted octanol–water partition coefficient (Wildman–Crippen LogP) is 2.19. The number of benzene rings is 2. The van der Waals surface area contributed by atoms with Crippen molar-refractivity contribution in [3.05, 3.63) is 65.7 Å². The normalized spacial score (nSPS) is 11.9. The molecule has 0 aliphatic carbocycles. The van der Waals surface area contributed by atoms with Gasteiger partial charge in [0.1, 0.15) is 6.04 Å². The molecule has 0 saturated heterocycles. The number of hydrogen-bond acceptors (Lipinski definition) is 3. The fraction of sp³-hybridized carbons (Fsp3) is 0.235. The molecule has 0 spiro atoms. The summed E-state index contributed by atoms with van der Waals surface area (Å²) in [5.41, 5.74) is 8.78. The first-order valence-corrected chi connectivity index (χ1v) is 6.88. The molecular formula is C17H20N2O2. The second-order valence-electron chi connectivity index (χ2n) is 4.87. The summed E-state index contributed by atoms with van der Waals surface area (Å²) in [5.74, 6) is -0.239. The zero-order valence-corrected chi connectivity index (χ0v) is 12.1. The summed E-state index contributed by atoms with van der Waals surface area (Å²) in [6.07, 6.45) is 0.761. The van der Waals surface area contributed by atoms with Gasteiger partial charge in [-0.25, -0.2) is 0 Å². The summed E-state index contributed by atoms with van der Waals surface area (Å²) in [5, 5.41) is 2.87. The molecule has 1 atom stereocenters. The van der Waals surface area contributed by atoms with Gasteiger partial charge in [0.05, 0.1) is 6.61 Å². The summed E-state index contributed by atoms with van der Waals surface area (Å²) in [6, 6.07) is 17.2. The Morgan fingerprint density at radius 3 is 2.52 bits per heavy atom. The zero-order chi connectivity index (χ0) is 15.1. The molecule has 0 bridgehead atoms. The van der Waals surface area contributed by atoms with Crippen LogP contribution in [-0.2, 0) is 16.0 Å². The summed E-state index contributed by atoms with van der Waals surface area (Å²) < 4.78 is 4.90. The molecular weight excluding hydrogens is 264 g/mol. The predicted molar refractivity (Wildman–Crippen MR) is 84.2 cm³/mol. The van der Waals surface area contributed by atoms with Crippen molar-refractivity contribution >= 4 is 11.6 Å². The summed E-state index contributed by atoms with van der Waals surface area (Å²) in [6.45, 7) is 0.201. The van der Waals surface area contributed by atoms with E-state index in [2.05, 4.69) is 17.4 Å². The Morgan fingerprint density at radius 1 is 1.14 bits per heavy atom. The zero-order valence-electron chi connectivity index (χ0n) is 12.1. The van der Waals surface area contributed by atoms with E-state index in [0.29, 0.717) is 0 Å². The second-order valence-corrected chi connectivity index (χ2v) is 4.87. The molecule has 0 aliphatic rings. The van der Waals surface area contributed by atoms with Crippen molar-refractivity contribution in [3.63, 3.8) is 0 Å². The number of ether oxygens (including phenoxy) is 1. The van der Waals surface area contributed by atoms with Crippen molar-refractivity contribution in [3.8, 4) is 0 Å². The van der Waals surface area contributed by atoms with Gasteiger partial charge < -0.3 is 15.8 Å². The lowest BCUT2D eigenvalue weighted by molar-refractivity contribution is -0.118. The number of anilines is 1. The first kappa shape index (κ1) is 15.2. The lowest BCUT2D eigenvalue weighted by Gasteiger charge is -2.14. The largest absolute Gasteiger partial charge is 0.383 e. The minimum Gasteiger partial charge on any atom is -0.383 e. The first-order chi connectivity index (χ1) is 10.2. The van der Waals surface area contributed by atoms with Crippen molar-refractivity contribution in [1.29, 1.82) is 0 Å². The van der Waals surface area contributed by atoms with Crippen molar-refractivity contribution < 1.29 is 9.53 Å². The van der Waals surface area contributed by atoms with Gasteiger partial charge in [-0.15, -0.1) is 0 Å². The standard InChI is InChI=1S/C17H20N2O2/c1-21-12-15(18)17(20)19-16-10-6-5-9-14(16)11-13-7-3-2-4-8-13/h2-10,15H,11-12,18H2,1H3,(H,19,20). The van der Waals surface area contributed by atoms with Crippen LogP contribution >= 0.6 is 0 Å². The number of hydrogen-bond donors (Lipinski definition) is 2. The fourth-order valence-corrected chi connectivity index (χ4v) is 2.09. The molecule has 2 aromatic carbocycles. The van der Waals surface area contributed by atoms with Gasteiger partial charge in [0.25, 0.3) is 0 Å². The highest BCUT2D eigenvalue weighted by Gasteiger charge is 2.14. The highest BCUT2D eigenvalue weighted by atomic mass is 16.5. The van der Waals surface area contributed by atoms with E-state index in [0.717, 1.165) is 17.7 Å². The average Bonchev–Trinajstić information content (AvgIpc) is 2.50. The van der Waals surface area contributed by atoms with Crippen LogP contribution in [0.25, 0.3) is 0 Å². The first-order valence-electron chi connectivity index (χ1n) is 6.88. The van der Waals surface area contributed by atoms with Gasteiger partial charge in [0, 0.05) is 12.8 Å². The molecule has 4 heteroatoms. The molecule has 0 saturated carbocycles. The van der Waals surface area contributed by atoms with Crippen molar-refractivity contribution in [2.45, 2.75) is 12.5 Å². The molecule has 3 N–H and O–H groups in total. The number of carbonyl (C=O) groups is 1. The van der Waals surface area contributed by atoms with Crippen LogP contribution in [0.1, 0.15) is 11.1 Å². The Bertz CT molecular complexity index is 584. The Morgan fingerprint density at radius 2 is 1.81 bits per heavy atom. The minimum atomic E-state index is -0.667. The summed E-state index contributed by atoms with van der Waals surface area (Å²) in [4.78, 5) is 12.0. The van der Waals surface area contributed by atoms with E-state index in [4.69, 9.17) is 10.5 Å². The third-order valence-corrected chi connectivity index (χ3v) is 3.20. The maximum Gasteiger partial charge on any atom is 0.243 e. The van der Waals surface area contributed by atoms with Crippen LogP contribution in [0.5, 0.6) is 0 Å². The molecule has 0 heterocycles. The maximum absolute atomic E-state index is 12.0. The molecule has 110 valence electrons. The van der Waals surface area contributed by atoms with E-state index in [1.165, 1.54) is 12.7 Å². The lowest BCUT2D eigenvalue weighted by atomic mass is 10.0. The molecule has 1 unspecified atom stereocenters. The highest BCUT2D eigenvalue weighted by Crippen LogP contribution is 2.19. The molecule has 2 aromatic rings. The van der Waals surface area contributed by atoms with E-state index in [9.17, 15) is 4.79 Å². The number of methoxy groups -OCH3 is 1. The second kappa shape index (κ2) is 7.57. The van der Waals surface area contributed by atoms with Gasteiger partial charge in [-0.05, 0) is 23.6 Å². The maximum atomic E-state index is 12.0. The van der Waals surface area contributed by atoms with Crippen molar-refractivity contribution in [1.82, 2.24) is 0 Å². The van der Waals surface area contributed by atoms with Crippen LogP contribution in [-0.4, -0.2) is 25.7 Å². The Kier molecular flexibility index (Phi) is 5.49. The van der Waals surface area contributed by atoms with E-state index in [-0.39, 0.29) is 12.5 Å². The van der Waals surface area contributed by atoms with Gasteiger partial charge >= 0.3 is 0 Å². The average molecular weight is 284 g/mol. The van der Waals surface area contributed by atoms with Gasteiger partial charge in [-0.1, -0.05) is 48.5 Å². The van der Waals surface area contributed by atoms with Gasteiger partial charge in [-0.3, -0.25) is 4.79 Å². The molecule has 2 rings (SSSR count). The summed E-state index contributed by atoms with van der Waals surface area (Å²) >= 11 is 0. The van der Waals surface area contributed by atoms with Crippen LogP contribution in [0.4, 0.5) is 5.69 Å². The van der Waals surface area contributed by atoms with Crippen molar-refractivity contribution in [2.75, 3.05) is 19.0 Å². The Hall–Kier alpha value is -2.17. The SMILES string of the molecule is COCC(N)C(=O)Nc1ccccc1Cc1ccccc1. The molecule has 0 aromatic heterocycles. The third kappa shape index (κ3) is 4.41. The number of amides is 1. The molecule has 0 fully saturated rings. The number of nitrogens with one attached hydrogen (secondary N) is 1. The monoisotopic (exact) mass is 284 g/mol.